The third-order valence-electron chi connectivity index (χ3n) is 5.61. The molecule has 2 aliphatic heterocycles. The van der Waals surface area contributed by atoms with Crippen molar-refractivity contribution in [3.8, 4) is 5.82 Å². The Hall–Kier alpha value is -2.60. The quantitative estimate of drug-likeness (QED) is 0.699. The Labute approximate surface area is 156 Å². The van der Waals surface area contributed by atoms with E-state index in [4.69, 9.17) is 0 Å². The van der Waals surface area contributed by atoms with Gasteiger partial charge in [-0.05, 0) is 49.1 Å². The molecule has 1 fully saturated rings. The highest BCUT2D eigenvalue weighted by molar-refractivity contribution is 7.12. The van der Waals surface area contributed by atoms with Gasteiger partial charge in [-0.15, -0.1) is 11.3 Å². The van der Waals surface area contributed by atoms with Crippen molar-refractivity contribution >= 4 is 22.9 Å². The fourth-order valence-corrected chi connectivity index (χ4v) is 5.21. The number of hydrogen-bond donors (Lipinski definition) is 0. The van der Waals surface area contributed by atoms with E-state index in [1.165, 1.54) is 17.0 Å². The number of aromatic nitrogens is 2. The first kappa shape index (κ1) is 15.6. The third-order valence-corrected chi connectivity index (χ3v) is 6.47. The van der Waals surface area contributed by atoms with Gasteiger partial charge in [0.15, 0.2) is 5.82 Å². The van der Waals surface area contributed by atoms with E-state index < -0.39 is 0 Å². The molecule has 5 heterocycles. The molecule has 1 saturated heterocycles. The smallest absolute Gasteiger partial charge is 0.264 e. The number of anilines is 1. The molecular weight excluding hydrogens is 344 g/mol. The summed E-state index contributed by atoms with van der Waals surface area (Å²) in [5.41, 5.74) is 2.18. The van der Waals surface area contributed by atoms with Crippen LogP contribution in [0.2, 0.25) is 0 Å². The molecule has 1 atom stereocenters. The molecule has 5 rings (SSSR count). The molecule has 0 saturated carbocycles. The van der Waals surface area contributed by atoms with Gasteiger partial charge >= 0.3 is 0 Å². The molecular formula is C20H20N4OS. The first-order valence-corrected chi connectivity index (χ1v) is 9.86. The largest absolute Gasteiger partial charge is 0.356 e. The van der Waals surface area contributed by atoms with E-state index in [0.29, 0.717) is 6.54 Å². The van der Waals surface area contributed by atoms with Crippen LogP contribution in [0.15, 0.2) is 54.2 Å². The lowest BCUT2D eigenvalue weighted by Crippen LogP contribution is -2.52. The zero-order chi connectivity index (χ0) is 17.7. The van der Waals surface area contributed by atoms with Crippen LogP contribution in [-0.2, 0) is 5.54 Å². The van der Waals surface area contributed by atoms with E-state index in [2.05, 4.69) is 45.8 Å². The maximum atomic E-state index is 12.9. The highest BCUT2D eigenvalue weighted by Crippen LogP contribution is 2.46. The van der Waals surface area contributed by atoms with Crippen LogP contribution in [-0.4, -0.2) is 40.0 Å². The SMILES string of the molecule is CCN1c2cccnc2-n2cccc2C12CCN(C(=O)c1cccs1)C2. The molecule has 26 heavy (non-hydrogen) atoms. The van der Waals surface area contributed by atoms with Crippen molar-refractivity contribution in [2.24, 2.45) is 0 Å². The summed E-state index contributed by atoms with van der Waals surface area (Å²) in [6.45, 7) is 4.54. The standard InChI is InChI=1S/C20H20N4OS/c1-2-24-15-6-3-10-21-18(15)23-11-4-8-17(23)20(24)9-12-22(14-20)19(25)16-7-5-13-26-16/h3-8,10-11,13H,2,9,12,14H2,1H3. The van der Waals surface area contributed by atoms with Gasteiger partial charge < -0.3 is 14.4 Å². The number of hydrogen-bond acceptors (Lipinski definition) is 4. The van der Waals surface area contributed by atoms with Crippen LogP contribution in [0.5, 0.6) is 0 Å². The van der Waals surface area contributed by atoms with Gasteiger partial charge in [0.05, 0.1) is 16.3 Å². The zero-order valence-electron chi connectivity index (χ0n) is 14.6. The van der Waals surface area contributed by atoms with Gasteiger partial charge in [0, 0.05) is 32.0 Å². The topological polar surface area (TPSA) is 41.4 Å². The first-order chi connectivity index (χ1) is 12.7. The van der Waals surface area contributed by atoms with Gasteiger partial charge in [-0.3, -0.25) is 4.79 Å². The molecule has 0 radical (unpaired) electrons. The molecule has 1 spiro atoms. The second-order valence-electron chi connectivity index (χ2n) is 6.84. The summed E-state index contributed by atoms with van der Waals surface area (Å²) >= 11 is 1.52. The van der Waals surface area contributed by atoms with Crippen molar-refractivity contribution in [1.29, 1.82) is 0 Å². The Morgan fingerprint density at radius 3 is 3.00 bits per heavy atom. The Morgan fingerprint density at radius 2 is 2.19 bits per heavy atom. The van der Waals surface area contributed by atoms with E-state index in [1.54, 1.807) is 0 Å². The van der Waals surface area contributed by atoms with Gasteiger partial charge in [0.25, 0.3) is 5.91 Å². The number of carbonyl (C=O) groups excluding carboxylic acids is 1. The first-order valence-electron chi connectivity index (χ1n) is 8.98. The summed E-state index contributed by atoms with van der Waals surface area (Å²) in [5, 5.41) is 1.96. The predicted octanol–water partition coefficient (Wildman–Crippen LogP) is 3.52. The highest BCUT2D eigenvalue weighted by Gasteiger charge is 2.50. The Kier molecular flexibility index (Phi) is 3.43. The number of nitrogens with zero attached hydrogens (tertiary/aromatic N) is 4. The molecule has 0 aromatic carbocycles. The summed E-state index contributed by atoms with van der Waals surface area (Å²) in [6, 6.07) is 12.2. The molecule has 1 unspecified atom stereocenters. The Morgan fingerprint density at radius 1 is 1.27 bits per heavy atom. The molecule has 0 aliphatic carbocycles. The molecule has 0 N–H and O–H groups in total. The molecule has 2 aliphatic rings. The summed E-state index contributed by atoms with van der Waals surface area (Å²) in [7, 11) is 0. The second kappa shape index (κ2) is 5.71. The van der Waals surface area contributed by atoms with Crippen molar-refractivity contribution in [1.82, 2.24) is 14.5 Å². The van der Waals surface area contributed by atoms with Gasteiger partial charge in [-0.2, -0.15) is 0 Å². The van der Waals surface area contributed by atoms with Gasteiger partial charge in [0.2, 0.25) is 0 Å². The van der Waals surface area contributed by atoms with Gasteiger partial charge in [0.1, 0.15) is 5.54 Å². The normalized spacial score (nSPS) is 21.1. The van der Waals surface area contributed by atoms with Crippen molar-refractivity contribution < 1.29 is 4.79 Å². The van der Waals surface area contributed by atoms with Crippen LogP contribution in [0.4, 0.5) is 5.69 Å². The average molecular weight is 364 g/mol. The molecule has 5 nitrogen and oxygen atoms in total. The van der Waals surface area contributed by atoms with Crippen LogP contribution < -0.4 is 4.90 Å². The number of likely N-dealkylation sites (N-methyl/N-ethyl adjacent to an activating group) is 1. The third kappa shape index (κ3) is 2.02. The Balaban J connectivity index is 1.60. The van der Waals surface area contributed by atoms with Gasteiger partial charge in [-0.25, -0.2) is 4.98 Å². The fraction of sp³-hybridized carbons (Fsp3) is 0.300. The van der Waals surface area contributed by atoms with Crippen LogP contribution in [0, 0.1) is 0 Å². The number of likely N-dealkylation sites (tertiary alicyclic amines) is 1. The predicted molar refractivity (Wildman–Crippen MR) is 103 cm³/mol. The van der Waals surface area contributed by atoms with E-state index in [1.807, 2.05) is 34.7 Å². The van der Waals surface area contributed by atoms with Crippen LogP contribution in [0.3, 0.4) is 0 Å². The molecule has 3 aromatic rings. The summed E-state index contributed by atoms with van der Waals surface area (Å²) in [4.78, 5) is 22.8. The fourth-order valence-electron chi connectivity index (χ4n) is 4.52. The van der Waals surface area contributed by atoms with E-state index in [0.717, 1.165) is 35.9 Å². The monoisotopic (exact) mass is 364 g/mol. The minimum atomic E-state index is -0.193. The zero-order valence-corrected chi connectivity index (χ0v) is 15.4. The van der Waals surface area contributed by atoms with Crippen molar-refractivity contribution in [3.05, 3.63) is 64.7 Å². The van der Waals surface area contributed by atoms with Crippen molar-refractivity contribution in [2.75, 3.05) is 24.5 Å². The van der Waals surface area contributed by atoms with Crippen LogP contribution in [0.25, 0.3) is 5.82 Å². The van der Waals surface area contributed by atoms with Crippen molar-refractivity contribution in [2.45, 2.75) is 18.9 Å². The lowest BCUT2D eigenvalue weighted by molar-refractivity contribution is 0.0787. The Bertz CT molecular complexity index is 964. The number of carbonyl (C=O) groups is 1. The lowest BCUT2D eigenvalue weighted by atomic mass is 9.89. The molecule has 0 bridgehead atoms. The van der Waals surface area contributed by atoms with E-state index in [9.17, 15) is 4.79 Å². The minimum absolute atomic E-state index is 0.142. The van der Waals surface area contributed by atoms with Crippen LogP contribution >= 0.6 is 11.3 Å². The van der Waals surface area contributed by atoms with E-state index >= 15 is 0 Å². The number of thiophene rings is 1. The lowest BCUT2D eigenvalue weighted by Gasteiger charge is -2.46. The number of fused-ring (bicyclic) bond motifs is 4. The molecule has 3 aromatic heterocycles. The molecule has 1 amide bonds. The van der Waals surface area contributed by atoms with Crippen molar-refractivity contribution in [3.63, 3.8) is 0 Å². The van der Waals surface area contributed by atoms with E-state index in [-0.39, 0.29) is 11.4 Å². The summed E-state index contributed by atoms with van der Waals surface area (Å²) in [5.74, 6) is 1.12. The number of amides is 1. The van der Waals surface area contributed by atoms with Crippen LogP contribution in [0.1, 0.15) is 28.7 Å². The number of rotatable bonds is 2. The minimum Gasteiger partial charge on any atom is -0.356 e. The number of pyridine rings is 1. The highest BCUT2D eigenvalue weighted by atomic mass is 32.1. The summed E-state index contributed by atoms with van der Waals surface area (Å²) < 4.78 is 2.20. The molecule has 6 heteroatoms. The maximum absolute atomic E-state index is 12.9. The summed E-state index contributed by atoms with van der Waals surface area (Å²) in [6.07, 6.45) is 4.85. The molecule has 132 valence electrons. The second-order valence-corrected chi connectivity index (χ2v) is 7.79. The average Bonchev–Trinajstić information content (AvgIpc) is 3.42. The maximum Gasteiger partial charge on any atom is 0.264 e. The van der Waals surface area contributed by atoms with Gasteiger partial charge in [-0.1, -0.05) is 6.07 Å².